The maximum absolute atomic E-state index is 12.3. The topological polar surface area (TPSA) is 44.7 Å². The van der Waals surface area contributed by atoms with Crippen molar-refractivity contribution in [1.29, 1.82) is 0 Å². The third-order valence-electron chi connectivity index (χ3n) is 2.38. The lowest BCUT2D eigenvalue weighted by Crippen LogP contribution is -2.27. The number of hydrogen-bond acceptors (Lipinski definition) is 5. The number of nitrogens with zero attached hydrogens (tertiary/aromatic N) is 1. The number of anilines is 1. The molecule has 0 spiro atoms. The molecule has 94 valence electrons. The van der Waals surface area contributed by atoms with Gasteiger partial charge in [-0.05, 0) is 19.1 Å². The highest BCUT2D eigenvalue weighted by atomic mass is 32.2. The molecule has 1 aromatic rings. The molecule has 1 saturated heterocycles. The van der Waals surface area contributed by atoms with Crippen LogP contribution in [0.4, 0.5) is 10.1 Å². The van der Waals surface area contributed by atoms with E-state index in [0.29, 0.717) is 11.4 Å². The van der Waals surface area contributed by atoms with Crippen molar-refractivity contribution in [1.82, 2.24) is 4.83 Å². The van der Waals surface area contributed by atoms with Gasteiger partial charge in [0.05, 0.1) is 5.69 Å². The third-order valence-corrected chi connectivity index (χ3v) is 3.12. The van der Waals surface area contributed by atoms with E-state index in [1.54, 1.807) is 31.0 Å². The lowest BCUT2D eigenvalue weighted by Gasteiger charge is -2.19. The van der Waals surface area contributed by atoms with E-state index in [2.05, 4.69) is 4.83 Å². The second-order valence-electron chi connectivity index (χ2n) is 3.82. The average Bonchev–Trinajstić information content (AvgIpc) is 2.82. The first-order valence-electron chi connectivity index (χ1n) is 5.41. The molecule has 1 unspecified atom stereocenters. The van der Waals surface area contributed by atoms with Gasteiger partial charge >= 0.3 is 0 Å². The lowest BCUT2D eigenvalue weighted by molar-refractivity contribution is 0.181. The van der Waals surface area contributed by atoms with Crippen LogP contribution in [0.15, 0.2) is 18.2 Å². The Morgan fingerprint density at radius 3 is 3.06 bits per heavy atom. The quantitative estimate of drug-likeness (QED) is 0.810. The largest absolute Gasteiger partial charge is 0.506 e. The van der Waals surface area contributed by atoms with Crippen LogP contribution < -0.4 is 14.6 Å². The van der Waals surface area contributed by atoms with Gasteiger partial charge in [0.1, 0.15) is 24.3 Å². The molecular weight excluding hydrogens is 243 g/mol. The molecule has 0 amide bonds. The number of benzene rings is 1. The Kier molecular flexibility index (Phi) is 3.96. The first-order chi connectivity index (χ1) is 8.20. The molecular formula is C11H15FN2O2S. The van der Waals surface area contributed by atoms with Gasteiger partial charge in [-0.25, -0.2) is 4.39 Å². The fraction of sp³-hybridized carbons (Fsp3) is 0.455. The van der Waals surface area contributed by atoms with Gasteiger partial charge in [0.25, 0.3) is 0 Å². The van der Waals surface area contributed by atoms with Crippen molar-refractivity contribution in [3.05, 3.63) is 18.2 Å². The molecule has 2 rings (SSSR count). The fourth-order valence-corrected chi connectivity index (χ4v) is 2.25. The van der Waals surface area contributed by atoms with Gasteiger partial charge in [0.2, 0.25) is 0 Å². The molecule has 1 aromatic carbocycles. The molecule has 2 N–H and O–H groups in total. The number of nitrogens with one attached hydrogen (secondary N) is 1. The molecule has 0 radical (unpaired) electrons. The van der Waals surface area contributed by atoms with Crippen molar-refractivity contribution < 1.29 is 14.2 Å². The van der Waals surface area contributed by atoms with Crippen LogP contribution in [0.3, 0.4) is 0 Å². The molecule has 4 nitrogen and oxygen atoms in total. The summed E-state index contributed by atoms with van der Waals surface area (Å²) in [6.45, 7) is 1.93. The van der Waals surface area contributed by atoms with Crippen LogP contribution in [0.25, 0.3) is 0 Å². The Morgan fingerprint density at radius 1 is 1.65 bits per heavy atom. The van der Waals surface area contributed by atoms with E-state index < -0.39 is 12.8 Å². The second kappa shape index (κ2) is 5.46. The maximum atomic E-state index is 12.3. The Hall–Kier alpha value is -1.14. The standard InChI is InChI=1S/C11H15FN2O2S/c1-8(7-12)16-9-2-3-10(11(15)6-9)14-4-5-17-13-14/h2-3,6,8,13,15H,4-5,7H2,1H3. The van der Waals surface area contributed by atoms with Gasteiger partial charge in [-0.1, -0.05) is 11.9 Å². The van der Waals surface area contributed by atoms with E-state index in [1.165, 1.54) is 6.07 Å². The summed E-state index contributed by atoms with van der Waals surface area (Å²) >= 11 is 1.59. The first kappa shape index (κ1) is 12.3. The van der Waals surface area contributed by atoms with Crippen molar-refractivity contribution in [3.63, 3.8) is 0 Å². The lowest BCUT2D eigenvalue weighted by atomic mass is 10.2. The number of aromatic hydroxyl groups is 1. The highest BCUT2D eigenvalue weighted by Crippen LogP contribution is 2.32. The van der Waals surface area contributed by atoms with Gasteiger partial charge in [-0.2, -0.15) is 4.83 Å². The van der Waals surface area contributed by atoms with E-state index in [9.17, 15) is 9.50 Å². The minimum Gasteiger partial charge on any atom is -0.506 e. The smallest absolute Gasteiger partial charge is 0.143 e. The van der Waals surface area contributed by atoms with E-state index in [4.69, 9.17) is 4.74 Å². The predicted octanol–water partition coefficient (Wildman–Crippen LogP) is 2.10. The minimum atomic E-state index is -0.549. The summed E-state index contributed by atoms with van der Waals surface area (Å²) in [4.78, 5) is 3.07. The van der Waals surface area contributed by atoms with Gasteiger partial charge in [0.15, 0.2) is 0 Å². The monoisotopic (exact) mass is 258 g/mol. The van der Waals surface area contributed by atoms with E-state index >= 15 is 0 Å². The molecule has 0 bridgehead atoms. The fourth-order valence-electron chi connectivity index (χ4n) is 1.54. The first-order valence-corrected chi connectivity index (χ1v) is 6.40. The number of alkyl halides is 1. The summed E-state index contributed by atoms with van der Waals surface area (Å²) in [5.74, 6) is 1.57. The zero-order chi connectivity index (χ0) is 12.3. The van der Waals surface area contributed by atoms with E-state index in [-0.39, 0.29) is 5.75 Å². The third kappa shape index (κ3) is 2.95. The summed E-state index contributed by atoms with van der Waals surface area (Å²) in [5.41, 5.74) is 0.704. The Labute approximate surface area is 104 Å². The zero-order valence-electron chi connectivity index (χ0n) is 9.52. The summed E-state index contributed by atoms with van der Waals surface area (Å²) < 4.78 is 17.6. The van der Waals surface area contributed by atoms with Gasteiger partial charge in [0, 0.05) is 18.4 Å². The van der Waals surface area contributed by atoms with Crippen LogP contribution in [0.1, 0.15) is 6.92 Å². The molecule has 1 fully saturated rings. The van der Waals surface area contributed by atoms with Crippen LogP contribution in [-0.2, 0) is 0 Å². The zero-order valence-corrected chi connectivity index (χ0v) is 10.3. The minimum absolute atomic E-state index is 0.128. The Bertz CT molecular complexity index is 386. The van der Waals surface area contributed by atoms with Crippen molar-refractivity contribution in [2.45, 2.75) is 13.0 Å². The van der Waals surface area contributed by atoms with E-state index in [1.807, 2.05) is 5.01 Å². The Morgan fingerprint density at radius 2 is 2.47 bits per heavy atom. The van der Waals surface area contributed by atoms with Gasteiger partial charge in [-0.3, -0.25) is 5.01 Å². The number of rotatable bonds is 4. The van der Waals surface area contributed by atoms with Crippen molar-refractivity contribution in [2.24, 2.45) is 0 Å². The number of ether oxygens (including phenoxy) is 1. The molecule has 0 aromatic heterocycles. The number of phenolic OH excluding ortho intramolecular Hbond substituents is 1. The van der Waals surface area contributed by atoms with Gasteiger partial charge in [-0.15, -0.1) is 0 Å². The molecule has 1 heterocycles. The Balaban J connectivity index is 2.10. The van der Waals surface area contributed by atoms with Crippen molar-refractivity contribution in [3.8, 4) is 11.5 Å². The van der Waals surface area contributed by atoms with E-state index in [0.717, 1.165) is 12.3 Å². The summed E-state index contributed by atoms with van der Waals surface area (Å²) in [7, 11) is 0. The van der Waals surface area contributed by atoms with Crippen molar-refractivity contribution in [2.75, 3.05) is 24.0 Å². The van der Waals surface area contributed by atoms with Crippen LogP contribution >= 0.6 is 11.9 Å². The van der Waals surface area contributed by atoms with Crippen LogP contribution in [0, 0.1) is 0 Å². The molecule has 6 heteroatoms. The average molecular weight is 258 g/mol. The molecule has 1 aliphatic heterocycles. The molecule has 1 aliphatic rings. The van der Waals surface area contributed by atoms with Gasteiger partial charge < -0.3 is 9.84 Å². The summed E-state index contributed by atoms with van der Waals surface area (Å²) in [6.07, 6.45) is -0.499. The van der Waals surface area contributed by atoms with Crippen LogP contribution in [-0.4, -0.2) is 30.2 Å². The summed E-state index contributed by atoms with van der Waals surface area (Å²) in [6, 6.07) is 4.99. The molecule has 0 aliphatic carbocycles. The van der Waals surface area contributed by atoms with Crippen LogP contribution in [0.5, 0.6) is 11.5 Å². The molecule has 17 heavy (non-hydrogen) atoms. The SMILES string of the molecule is CC(CF)Oc1ccc(N2CCSN2)c(O)c1. The molecule has 0 saturated carbocycles. The normalized spacial score (nSPS) is 17.2. The number of phenols is 1. The number of hydrogen-bond donors (Lipinski definition) is 2. The number of hydrazine groups is 1. The van der Waals surface area contributed by atoms with Crippen molar-refractivity contribution >= 4 is 17.6 Å². The maximum Gasteiger partial charge on any atom is 0.143 e. The number of halogens is 1. The van der Waals surface area contributed by atoms with Crippen LogP contribution in [0.2, 0.25) is 0 Å². The highest BCUT2D eigenvalue weighted by Gasteiger charge is 2.16. The molecule has 1 atom stereocenters. The highest BCUT2D eigenvalue weighted by molar-refractivity contribution is 7.97. The summed E-state index contributed by atoms with van der Waals surface area (Å²) in [5, 5.41) is 11.7. The second-order valence-corrected chi connectivity index (χ2v) is 4.70. The predicted molar refractivity (Wildman–Crippen MR) is 67.1 cm³/mol.